The third-order valence-electron chi connectivity index (χ3n) is 4.23. The van der Waals surface area contributed by atoms with Crippen LogP contribution in [0, 0.1) is 0 Å². The number of aromatic nitrogens is 1. The van der Waals surface area contributed by atoms with Crippen LogP contribution in [-0.2, 0) is 0 Å². The maximum atomic E-state index is 12.8. The first kappa shape index (κ1) is 19.5. The van der Waals surface area contributed by atoms with Gasteiger partial charge >= 0.3 is 0 Å². The van der Waals surface area contributed by atoms with E-state index in [9.17, 15) is 4.79 Å². The van der Waals surface area contributed by atoms with Gasteiger partial charge in [0.2, 0.25) is 0 Å². The molecule has 28 heavy (non-hydrogen) atoms. The lowest BCUT2D eigenvalue weighted by atomic mass is 10.2. The van der Waals surface area contributed by atoms with E-state index in [1.165, 1.54) is 14.2 Å². The first-order valence-corrected chi connectivity index (χ1v) is 8.89. The number of nitrogens with one attached hydrogen (secondary N) is 1. The molecule has 7 heteroatoms. The third kappa shape index (κ3) is 4.18. The van der Waals surface area contributed by atoms with Crippen LogP contribution >= 0.6 is 11.6 Å². The van der Waals surface area contributed by atoms with Crippen LogP contribution in [0.15, 0.2) is 60.8 Å². The molecule has 0 aliphatic heterocycles. The zero-order valence-electron chi connectivity index (χ0n) is 15.8. The number of nitrogens with zero attached hydrogens (tertiary/aromatic N) is 2. The number of para-hydroxylation sites is 1. The van der Waals surface area contributed by atoms with E-state index in [2.05, 4.69) is 10.3 Å². The number of ether oxygens (including phenoxy) is 2. The summed E-state index contributed by atoms with van der Waals surface area (Å²) in [6, 6.07) is 16.6. The summed E-state index contributed by atoms with van der Waals surface area (Å²) >= 11 is 6.11. The summed E-state index contributed by atoms with van der Waals surface area (Å²) in [6.07, 6.45) is 1.60. The molecule has 1 amide bonds. The van der Waals surface area contributed by atoms with Crippen molar-refractivity contribution >= 4 is 34.6 Å². The van der Waals surface area contributed by atoms with Crippen molar-refractivity contribution in [1.82, 2.24) is 4.98 Å². The highest BCUT2D eigenvalue weighted by molar-refractivity contribution is 6.32. The highest BCUT2D eigenvalue weighted by Gasteiger charge is 2.16. The molecule has 1 aromatic heterocycles. The minimum atomic E-state index is -0.369. The standard InChI is InChI=1S/C21H20ClN3O3/c1-25(14-7-5-4-6-8-14)15-9-10-23-18(11-15)21(26)24-17-13-19(27-2)16(22)12-20(17)28-3/h4-13H,1-3H3,(H,24,26). The molecule has 0 unspecified atom stereocenters. The van der Waals surface area contributed by atoms with Crippen molar-refractivity contribution in [1.29, 1.82) is 0 Å². The van der Waals surface area contributed by atoms with Crippen LogP contribution in [0.4, 0.5) is 17.1 Å². The van der Waals surface area contributed by atoms with Crippen LogP contribution in [0.3, 0.4) is 0 Å². The lowest BCUT2D eigenvalue weighted by molar-refractivity contribution is 0.102. The number of pyridine rings is 1. The van der Waals surface area contributed by atoms with Gasteiger partial charge in [0.25, 0.3) is 5.91 Å². The maximum Gasteiger partial charge on any atom is 0.274 e. The molecule has 0 radical (unpaired) electrons. The Morgan fingerprint density at radius 3 is 2.39 bits per heavy atom. The quantitative estimate of drug-likeness (QED) is 0.649. The number of carbonyl (C=O) groups excluding carboxylic acids is 1. The Bertz CT molecular complexity index is 980. The number of hydrogen-bond acceptors (Lipinski definition) is 5. The number of methoxy groups -OCH3 is 2. The van der Waals surface area contributed by atoms with Crippen molar-refractivity contribution in [3.05, 3.63) is 71.5 Å². The van der Waals surface area contributed by atoms with E-state index in [-0.39, 0.29) is 11.6 Å². The first-order valence-electron chi connectivity index (χ1n) is 8.51. The average molecular weight is 398 g/mol. The van der Waals surface area contributed by atoms with E-state index < -0.39 is 0 Å². The smallest absolute Gasteiger partial charge is 0.274 e. The van der Waals surface area contributed by atoms with Gasteiger partial charge in [-0.2, -0.15) is 0 Å². The SMILES string of the molecule is COc1cc(NC(=O)c2cc(N(C)c3ccccc3)ccn2)c(OC)cc1Cl. The van der Waals surface area contributed by atoms with Gasteiger partial charge in [0.05, 0.1) is 24.9 Å². The number of carbonyl (C=O) groups is 1. The van der Waals surface area contributed by atoms with Gasteiger partial charge in [-0.1, -0.05) is 29.8 Å². The van der Waals surface area contributed by atoms with Crippen molar-refractivity contribution in [3.63, 3.8) is 0 Å². The van der Waals surface area contributed by atoms with Gasteiger partial charge in [0, 0.05) is 36.8 Å². The van der Waals surface area contributed by atoms with E-state index in [0.717, 1.165) is 11.4 Å². The van der Waals surface area contributed by atoms with Crippen molar-refractivity contribution in [3.8, 4) is 11.5 Å². The molecule has 0 fully saturated rings. The van der Waals surface area contributed by atoms with Gasteiger partial charge < -0.3 is 19.7 Å². The first-order chi connectivity index (χ1) is 13.5. The number of amides is 1. The molecule has 3 aromatic rings. The molecule has 1 heterocycles. The fraction of sp³-hybridized carbons (Fsp3) is 0.143. The summed E-state index contributed by atoms with van der Waals surface area (Å²) < 4.78 is 10.5. The molecule has 0 aliphatic rings. The zero-order valence-corrected chi connectivity index (χ0v) is 16.5. The van der Waals surface area contributed by atoms with E-state index in [1.54, 1.807) is 24.4 Å². The van der Waals surface area contributed by atoms with E-state index >= 15 is 0 Å². The molecule has 144 valence electrons. The monoisotopic (exact) mass is 397 g/mol. The highest BCUT2D eigenvalue weighted by Crippen LogP contribution is 2.36. The number of rotatable bonds is 6. The number of halogens is 1. The van der Waals surface area contributed by atoms with Crippen LogP contribution < -0.4 is 19.7 Å². The van der Waals surface area contributed by atoms with Crippen LogP contribution in [0.25, 0.3) is 0 Å². The van der Waals surface area contributed by atoms with Gasteiger partial charge in [0.15, 0.2) is 0 Å². The van der Waals surface area contributed by atoms with Crippen molar-refractivity contribution in [2.75, 3.05) is 31.5 Å². The second-order valence-corrected chi connectivity index (χ2v) is 6.34. The minimum absolute atomic E-state index is 0.274. The molecule has 0 saturated carbocycles. The fourth-order valence-electron chi connectivity index (χ4n) is 2.70. The van der Waals surface area contributed by atoms with Gasteiger partial charge in [0.1, 0.15) is 17.2 Å². The molecule has 1 N–H and O–H groups in total. The largest absolute Gasteiger partial charge is 0.495 e. The lowest BCUT2D eigenvalue weighted by Gasteiger charge is -2.20. The fourth-order valence-corrected chi connectivity index (χ4v) is 2.93. The normalized spacial score (nSPS) is 10.3. The van der Waals surface area contributed by atoms with Gasteiger partial charge in [-0.25, -0.2) is 0 Å². The van der Waals surface area contributed by atoms with Gasteiger partial charge in [-0.15, -0.1) is 0 Å². The molecule has 6 nitrogen and oxygen atoms in total. The molecular formula is C21H20ClN3O3. The van der Waals surface area contributed by atoms with Gasteiger partial charge in [-0.05, 0) is 24.3 Å². The van der Waals surface area contributed by atoms with Crippen LogP contribution in [-0.4, -0.2) is 32.2 Å². The number of benzene rings is 2. The summed E-state index contributed by atoms with van der Waals surface area (Å²) in [5.74, 6) is 0.492. The molecule has 0 bridgehead atoms. The Kier molecular flexibility index (Phi) is 6.01. The topological polar surface area (TPSA) is 63.7 Å². The molecular weight excluding hydrogens is 378 g/mol. The Labute approximate surface area is 168 Å². The van der Waals surface area contributed by atoms with E-state index in [0.29, 0.717) is 22.2 Å². The summed E-state index contributed by atoms with van der Waals surface area (Å²) in [5.41, 5.74) is 2.56. The number of anilines is 3. The van der Waals surface area contributed by atoms with Gasteiger partial charge in [-0.3, -0.25) is 9.78 Å². The summed E-state index contributed by atoms with van der Waals surface area (Å²) in [6.45, 7) is 0. The third-order valence-corrected chi connectivity index (χ3v) is 4.52. The molecule has 0 atom stereocenters. The van der Waals surface area contributed by atoms with Crippen molar-refractivity contribution in [2.24, 2.45) is 0 Å². The summed E-state index contributed by atoms with van der Waals surface area (Å²) in [7, 11) is 4.94. The Hall–Kier alpha value is -3.25. The zero-order chi connectivity index (χ0) is 20.1. The lowest BCUT2D eigenvalue weighted by Crippen LogP contribution is -2.16. The van der Waals surface area contributed by atoms with Crippen LogP contribution in [0.5, 0.6) is 11.5 Å². The Morgan fingerprint density at radius 1 is 1.00 bits per heavy atom. The maximum absolute atomic E-state index is 12.8. The molecule has 3 rings (SSSR count). The predicted octanol–water partition coefficient (Wildman–Crippen LogP) is 4.77. The molecule has 2 aromatic carbocycles. The molecule has 0 spiro atoms. The van der Waals surface area contributed by atoms with Crippen molar-refractivity contribution in [2.45, 2.75) is 0 Å². The second kappa shape index (κ2) is 8.63. The van der Waals surface area contributed by atoms with Crippen LogP contribution in [0.2, 0.25) is 5.02 Å². The van der Waals surface area contributed by atoms with Crippen LogP contribution in [0.1, 0.15) is 10.5 Å². The molecule has 0 saturated heterocycles. The highest BCUT2D eigenvalue weighted by atomic mass is 35.5. The predicted molar refractivity (Wildman–Crippen MR) is 111 cm³/mol. The Balaban J connectivity index is 1.86. The summed E-state index contributed by atoms with van der Waals surface area (Å²) in [5, 5.41) is 3.19. The minimum Gasteiger partial charge on any atom is -0.495 e. The number of hydrogen-bond donors (Lipinski definition) is 1. The van der Waals surface area contributed by atoms with E-state index in [4.69, 9.17) is 21.1 Å². The summed E-state index contributed by atoms with van der Waals surface area (Å²) in [4.78, 5) is 18.9. The average Bonchev–Trinajstić information content (AvgIpc) is 2.74. The second-order valence-electron chi connectivity index (χ2n) is 5.94. The van der Waals surface area contributed by atoms with E-state index in [1.807, 2.05) is 48.3 Å². The molecule has 0 aliphatic carbocycles. The van der Waals surface area contributed by atoms with Crippen molar-refractivity contribution < 1.29 is 14.3 Å². The Morgan fingerprint density at radius 2 is 1.71 bits per heavy atom.